The molecular weight excluding hydrogens is 327 g/mol. The molecule has 1 aliphatic heterocycles. The maximum atomic E-state index is 13.4. The van der Waals surface area contributed by atoms with Crippen LogP contribution in [0.2, 0.25) is 0 Å². The first-order valence-electron chi connectivity index (χ1n) is 6.24. The highest BCUT2D eigenvalue weighted by Gasteiger charge is 2.22. The molecule has 0 bridgehead atoms. The maximum absolute atomic E-state index is 13.4. The molecule has 1 aromatic carbocycles. The molecule has 3 rings (SSSR count). The third-order valence-electron chi connectivity index (χ3n) is 3.31. The molecule has 0 atom stereocenters. The van der Waals surface area contributed by atoms with Gasteiger partial charge in [0.1, 0.15) is 11.5 Å². The summed E-state index contributed by atoms with van der Waals surface area (Å²) in [4.78, 5) is 12.1. The molecule has 1 fully saturated rings. The van der Waals surface area contributed by atoms with Crippen LogP contribution in [0.1, 0.15) is 22.1 Å². The number of carbonyl (C=O) groups is 1. The van der Waals surface area contributed by atoms with Crippen LogP contribution in [0.5, 0.6) is 0 Å². The van der Waals surface area contributed by atoms with Gasteiger partial charge in [0.15, 0.2) is 5.78 Å². The van der Waals surface area contributed by atoms with Crippen molar-refractivity contribution in [3.63, 3.8) is 0 Å². The van der Waals surface area contributed by atoms with Crippen LogP contribution in [-0.2, 0) is 6.42 Å². The van der Waals surface area contributed by atoms with E-state index >= 15 is 0 Å². The van der Waals surface area contributed by atoms with Crippen LogP contribution < -0.4 is 5.32 Å². The monoisotopic (exact) mass is 338 g/mol. The van der Waals surface area contributed by atoms with Crippen LogP contribution in [-0.4, -0.2) is 33.9 Å². The van der Waals surface area contributed by atoms with Gasteiger partial charge in [0.25, 0.3) is 0 Å². The van der Waals surface area contributed by atoms with Gasteiger partial charge in [0, 0.05) is 19.5 Å². The molecule has 0 unspecified atom stereocenters. The Morgan fingerprint density at radius 1 is 1.50 bits per heavy atom. The zero-order chi connectivity index (χ0) is 14.1. The second kappa shape index (κ2) is 5.41. The first-order valence-corrected chi connectivity index (χ1v) is 7.03. The Morgan fingerprint density at radius 2 is 2.30 bits per heavy atom. The molecule has 104 valence electrons. The number of nitrogens with one attached hydrogen (secondary N) is 1. The average molecular weight is 339 g/mol. The lowest BCUT2D eigenvalue weighted by molar-refractivity contribution is 0.0988. The Balaban J connectivity index is 1.75. The number of halogens is 2. The highest BCUT2D eigenvalue weighted by molar-refractivity contribution is 9.10. The Labute approximate surface area is 123 Å². The van der Waals surface area contributed by atoms with E-state index in [-0.39, 0.29) is 24.1 Å². The molecule has 0 radical (unpaired) electrons. The second-order valence-corrected chi connectivity index (χ2v) is 5.50. The largest absolute Gasteiger partial charge is 0.312 e. The minimum atomic E-state index is -0.375. The predicted octanol–water partition coefficient (Wildman–Crippen LogP) is 1.75. The van der Waals surface area contributed by atoms with E-state index in [1.165, 1.54) is 6.07 Å². The fourth-order valence-corrected chi connectivity index (χ4v) is 2.40. The molecule has 5 nitrogen and oxygen atoms in total. The number of nitrogens with zero attached hydrogens (tertiary/aromatic N) is 3. The number of hydrogen-bond acceptors (Lipinski definition) is 4. The van der Waals surface area contributed by atoms with Gasteiger partial charge in [-0.2, -0.15) is 0 Å². The number of Topliss-reactive ketones (excluding diaryl/α,β-unsaturated/α-hetero) is 1. The molecule has 1 saturated heterocycles. The fraction of sp³-hybridized carbons (Fsp3) is 0.308. The van der Waals surface area contributed by atoms with Crippen LogP contribution in [0.15, 0.2) is 28.9 Å². The van der Waals surface area contributed by atoms with Gasteiger partial charge in [-0.3, -0.25) is 4.79 Å². The average Bonchev–Trinajstić information content (AvgIpc) is 2.82. The lowest BCUT2D eigenvalue weighted by Crippen LogP contribution is -2.43. The predicted molar refractivity (Wildman–Crippen MR) is 74.1 cm³/mol. The summed E-state index contributed by atoms with van der Waals surface area (Å²) in [5, 5.41) is 11.0. The zero-order valence-corrected chi connectivity index (χ0v) is 12.1. The SMILES string of the molecule is O=C(Cc1cccc(F)c1Br)c1cn(C2CNC2)nn1. The molecule has 0 amide bonds. The molecular formula is C13H12BrFN4O. The molecule has 1 aromatic heterocycles. The molecule has 2 aromatic rings. The maximum Gasteiger partial charge on any atom is 0.189 e. The normalized spacial score (nSPS) is 15.1. The molecule has 7 heteroatoms. The zero-order valence-electron chi connectivity index (χ0n) is 10.5. The lowest BCUT2D eigenvalue weighted by atomic mass is 10.1. The number of hydrogen-bond donors (Lipinski definition) is 1. The highest BCUT2D eigenvalue weighted by Crippen LogP contribution is 2.22. The highest BCUT2D eigenvalue weighted by atomic mass is 79.9. The van der Waals surface area contributed by atoms with Gasteiger partial charge in [0.2, 0.25) is 0 Å². The van der Waals surface area contributed by atoms with E-state index in [1.54, 1.807) is 23.0 Å². The van der Waals surface area contributed by atoms with Crippen molar-refractivity contribution >= 4 is 21.7 Å². The molecule has 0 spiro atoms. The van der Waals surface area contributed by atoms with E-state index in [0.717, 1.165) is 13.1 Å². The van der Waals surface area contributed by atoms with Gasteiger partial charge in [-0.1, -0.05) is 17.3 Å². The fourth-order valence-electron chi connectivity index (χ4n) is 1.99. The van der Waals surface area contributed by atoms with E-state index in [0.29, 0.717) is 15.7 Å². The number of benzene rings is 1. The van der Waals surface area contributed by atoms with E-state index < -0.39 is 0 Å². The minimum Gasteiger partial charge on any atom is -0.312 e. The number of aromatic nitrogens is 3. The molecule has 0 saturated carbocycles. The van der Waals surface area contributed by atoms with Crippen molar-refractivity contribution in [1.29, 1.82) is 0 Å². The summed E-state index contributed by atoms with van der Waals surface area (Å²) in [7, 11) is 0. The summed E-state index contributed by atoms with van der Waals surface area (Å²) in [6.07, 6.45) is 1.75. The Morgan fingerprint density at radius 3 is 3.00 bits per heavy atom. The number of carbonyl (C=O) groups excluding carboxylic acids is 1. The Hall–Kier alpha value is -1.60. The summed E-state index contributed by atoms with van der Waals surface area (Å²) in [6.45, 7) is 1.68. The first-order chi connectivity index (χ1) is 9.65. The molecule has 20 heavy (non-hydrogen) atoms. The quantitative estimate of drug-likeness (QED) is 0.863. The van der Waals surface area contributed by atoms with Crippen molar-refractivity contribution < 1.29 is 9.18 Å². The van der Waals surface area contributed by atoms with Crippen molar-refractivity contribution in [2.75, 3.05) is 13.1 Å². The minimum absolute atomic E-state index is 0.0972. The summed E-state index contributed by atoms with van der Waals surface area (Å²) in [5.74, 6) is -0.547. The Kier molecular flexibility index (Phi) is 3.62. The van der Waals surface area contributed by atoms with Crippen molar-refractivity contribution in [3.05, 3.63) is 45.9 Å². The topological polar surface area (TPSA) is 59.8 Å². The summed E-state index contributed by atoms with van der Waals surface area (Å²) in [5.41, 5.74) is 0.919. The van der Waals surface area contributed by atoms with E-state index in [9.17, 15) is 9.18 Å². The van der Waals surface area contributed by atoms with Gasteiger partial charge < -0.3 is 5.32 Å². The van der Waals surface area contributed by atoms with E-state index in [2.05, 4.69) is 31.6 Å². The summed E-state index contributed by atoms with van der Waals surface area (Å²) in [6, 6.07) is 4.91. The summed E-state index contributed by atoms with van der Waals surface area (Å²) < 4.78 is 15.4. The Bertz CT molecular complexity index is 654. The number of ketones is 1. The van der Waals surface area contributed by atoms with Gasteiger partial charge in [-0.05, 0) is 27.6 Å². The van der Waals surface area contributed by atoms with Crippen molar-refractivity contribution in [2.45, 2.75) is 12.5 Å². The third kappa shape index (κ3) is 2.51. The smallest absolute Gasteiger partial charge is 0.189 e. The molecule has 0 aliphatic carbocycles. The van der Waals surface area contributed by atoms with Gasteiger partial charge in [0.05, 0.1) is 16.7 Å². The van der Waals surface area contributed by atoms with Gasteiger partial charge in [-0.15, -0.1) is 5.10 Å². The van der Waals surface area contributed by atoms with E-state index in [1.807, 2.05) is 0 Å². The number of rotatable bonds is 4. The van der Waals surface area contributed by atoms with E-state index in [4.69, 9.17) is 0 Å². The molecule has 1 aliphatic rings. The van der Waals surface area contributed by atoms with Crippen molar-refractivity contribution in [3.8, 4) is 0 Å². The summed E-state index contributed by atoms with van der Waals surface area (Å²) >= 11 is 3.15. The van der Waals surface area contributed by atoms with Crippen LogP contribution in [0.4, 0.5) is 4.39 Å². The van der Waals surface area contributed by atoms with Gasteiger partial charge >= 0.3 is 0 Å². The van der Waals surface area contributed by atoms with Crippen LogP contribution >= 0.6 is 15.9 Å². The molecule has 1 N–H and O–H groups in total. The second-order valence-electron chi connectivity index (χ2n) is 4.71. The van der Waals surface area contributed by atoms with Crippen LogP contribution in [0.3, 0.4) is 0 Å². The van der Waals surface area contributed by atoms with Gasteiger partial charge in [-0.25, -0.2) is 9.07 Å². The van der Waals surface area contributed by atoms with Crippen LogP contribution in [0.25, 0.3) is 0 Å². The third-order valence-corrected chi connectivity index (χ3v) is 4.20. The first kappa shape index (κ1) is 13.4. The van der Waals surface area contributed by atoms with Crippen molar-refractivity contribution in [1.82, 2.24) is 20.3 Å². The standard InChI is InChI=1S/C13H12BrFN4O/c14-13-8(2-1-3-10(13)15)4-12(20)11-7-19(18-17-11)9-5-16-6-9/h1-3,7,9,16H,4-6H2. The molecule has 2 heterocycles. The lowest BCUT2D eigenvalue weighted by Gasteiger charge is -2.26. The van der Waals surface area contributed by atoms with Crippen molar-refractivity contribution in [2.24, 2.45) is 0 Å². The van der Waals surface area contributed by atoms with Crippen LogP contribution in [0, 0.1) is 5.82 Å².